The molecule has 6 nitrogen and oxygen atoms in total. The van der Waals surface area contributed by atoms with Crippen LogP contribution in [0.3, 0.4) is 0 Å². The van der Waals surface area contributed by atoms with Gasteiger partial charge in [-0.1, -0.05) is 30.3 Å². The Morgan fingerprint density at radius 3 is 2.64 bits per heavy atom. The summed E-state index contributed by atoms with van der Waals surface area (Å²) in [7, 11) is 1.17. The summed E-state index contributed by atoms with van der Waals surface area (Å²) in [5.41, 5.74) is 1.22. The number of nitrogens with one attached hydrogen (secondary N) is 2. The van der Waals surface area contributed by atoms with Crippen LogP contribution in [0.25, 0.3) is 0 Å². The summed E-state index contributed by atoms with van der Waals surface area (Å²) in [6.45, 7) is 3.19. The Hall–Kier alpha value is -2.71. The van der Waals surface area contributed by atoms with Crippen molar-refractivity contribution in [2.75, 3.05) is 38.7 Å². The van der Waals surface area contributed by atoms with Gasteiger partial charge in [-0.15, -0.1) is 0 Å². The van der Waals surface area contributed by atoms with Gasteiger partial charge < -0.3 is 20.1 Å². The van der Waals surface area contributed by atoms with E-state index < -0.39 is 23.4 Å². The molecule has 0 radical (unpaired) electrons. The first-order valence-corrected chi connectivity index (χ1v) is 9.01. The van der Waals surface area contributed by atoms with Crippen LogP contribution >= 0.6 is 0 Å². The molecule has 1 atom stereocenters. The predicted octanol–water partition coefficient (Wildman–Crippen LogP) is 3.00. The molecule has 1 fully saturated rings. The maximum atomic E-state index is 13.7. The van der Waals surface area contributed by atoms with Crippen molar-refractivity contribution in [3.63, 3.8) is 0 Å². The Kier molecular flexibility index (Phi) is 6.78. The van der Waals surface area contributed by atoms with Crippen molar-refractivity contribution in [1.82, 2.24) is 10.2 Å². The molecule has 0 saturated carbocycles. The molecule has 1 unspecified atom stereocenters. The van der Waals surface area contributed by atoms with E-state index in [9.17, 15) is 13.6 Å². The second kappa shape index (κ2) is 9.48. The summed E-state index contributed by atoms with van der Waals surface area (Å²) < 4.78 is 37.7. The molecule has 2 aromatic rings. The van der Waals surface area contributed by atoms with Crippen molar-refractivity contribution in [2.24, 2.45) is 0 Å². The van der Waals surface area contributed by atoms with E-state index >= 15 is 0 Å². The lowest BCUT2D eigenvalue weighted by atomic mass is 10.2. The Bertz CT molecular complexity index is 782. The van der Waals surface area contributed by atoms with Crippen molar-refractivity contribution < 1.29 is 23.0 Å². The van der Waals surface area contributed by atoms with Gasteiger partial charge in [0.25, 0.3) is 0 Å². The van der Waals surface area contributed by atoms with E-state index in [-0.39, 0.29) is 18.3 Å². The van der Waals surface area contributed by atoms with Gasteiger partial charge in [-0.3, -0.25) is 4.90 Å². The Balaban J connectivity index is 1.47. The number of methoxy groups -OCH3 is 1. The number of rotatable bonds is 6. The van der Waals surface area contributed by atoms with E-state index in [0.29, 0.717) is 13.2 Å². The molecule has 0 aromatic heterocycles. The lowest BCUT2D eigenvalue weighted by Gasteiger charge is -2.33. The Labute approximate surface area is 162 Å². The van der Waals surface area contributed by atoms with Gasteiger partial charge in [-0.25, -0.2) is 13.6 Å². The fraction of sp³-hybridized carbons (Fsp3) is 0.350. The van der Waals surface area contributed by atoms with Crippen molar-refractivity contribution in [3.05, 3.63) is 59.7 Å². The Morgan fingerprint density at radius 1 is 1.25 bits per heavy atom. The molecule has 0 bridgehead atoms. The normalized spacial score (nSPS) is 17.2. The number of carbonyl (C=O) groups excluding carboxylic acids is 1. The number of anilines is 1. The van der Waals surface area contributed by atoms with Gasteiger partial charge in [0.05, 0.1) is 19.8 Å². The van der Waals surface area contributed by atoms with Gasteiger partial charge in [-0.05, 0) is 5.56 Å². The van der Waals surface area contributed by atoms with Crippen LogP contribution in [-0.2, 0) is 11.3 Å². The largest absolute Gasteiger partial charge is 0.491 e. The number of nitrogens with zero attached hydrogens (tertiary/aromatic N) is 1. The molecular formula is C20H23F2N3O3. The quantitative estimate of drug-likeness (QED) is 0.795. The number of amides is 2. The summed E-state index contributed by atoms with van der Waals surface area (Å²) in [5, 5.41) is 5.09. The monoisotopic (exact) mass is 391 g/mol. The average molecular weight is 391 g/mol. The van der Waals surface area contributed by atoms with Crippen LogP contribution in [0.5, 0.6) is 5.75 Å². The number of hydrogen-bond donors (Lipinski definition) is 2. The van der Waals surface area contributed by atoms with Crippen LogP contribution in [0.1, 0.15) is 5.56 Å². The summed E-state index contributed by atoms with van der Waals surface area (Å²) in [6, 6.07) is 11.6. The molecule has 2 N–H and O–H groups in total. The number of halogens is 2. The highest BCUT2D eigenvalue weighted by molar-refractivity contribution is 5.89. The lowest BCUT2D eigenvalue weighted by Crippen LogP contribution is -2.47. The van der Waals surface area contributed by atoms with Gasteiger partial charge in [0, 0.05) is 44.0 Å². The van der Waals surface area contributed by atoms with E-state index in [1.165, 1.54) is 12.7 Å². The predicted molar refractivity (Wildman–Crippen MR) is 101 cm³/mol. The van der Waals surface area contributed by atoms with Gasteiger partial charge in [0.15, 0.2) is 17.4 Å². The molecule has 1 aliphatic rings. The zero-order valence-corrected chi connectivity index (χ0v) is 15.6. The standard InChI is InChI=1S/C20H23F2N3O3/c1-27-19-17(21)9-15(10-18(19)22)24-20(26)23-11-16-13-25(7-8-28-16)12-14-5-3-2-4-6-14/h2-6,9-10,16H,7-8,11-13H2,1H3,(H2,23,24,26). The average Bonchev–Trinajstić information content (AvgIpc) is 2.67. The topological polar surface area (TPSA) is 62.8 Å². The third-order valence-corrected chi connectivity index (χ3v) is 4.42. The van der Waals surface area contributed by atoms with Crippen molar-refractivity contribution in [3.8, 4) is 5.75 Å². The van der Waals surface area contributed by atoms with Crippen LogP contribution in [-0.4, -0.2) is 50.4 Å². The number of ether oxygens (including phenoxy) is 2. The highest BCUT2D eigenvalue weighted by Crippen LogP contribution is 2.25. The van der Waals surface area contributed by atoms with Crippen LogP contribution in [0.15, 0.2) is 42.5 Å². The van der Waals surface area contributed by atoms with E-state index in [1.807, 2.05) is 18.2 Å². The van der Waals surface area contributed by atoms with E-state index in [0.717, 1.165) is 25.2 Å². The van der Waals surface area contributed by atoms with Gasteiger partial charge in [-0.2, -0.15) is 0 Å². The molecule has 2 amide bonds. The van der Waals surface area contributed by atoms with Crippen molar-refractivity contribution in [2.45, 2.75) is 12.6 Å². The van der Waals surface area contributed by atoms with Crippen LogP contribution < -0.4 is 15.4 Å². The molecule has 2 aromatic carbocycles. The van der Waals surface area contributed by atoms with Crippen molar-refractivity contribution >= 4 is 11.7 Å². The molecule has 0 spiro atoms. The minimum Gasteiger partial charge on any atom is -0.491 e. The second-order valence-corrected chi connectivity index (χ2v) is 6.52. The second-order valence-electron chi connectivity index (χ2n) is 6.52. The molecule has 1 saturated heterocycles. The van der Waals surface area contributed by atoms with Crippen LogP contribution in [0, 0.1) is 11.6 Å². The lowest BCUT2D eigenvalue weighted by molar-refractivity contribution is -0.0285. The first kappa shape index (κ1) is 20.0. The SMILES string of the molecule is COc1c(F)cc(NC(=O)NCC2CN(Cc3ccccc3)CCO2)cc1F. The fourth-order valence-corrected chi connectivity index (χ4v) is 3.10. The summed E-state index contributed by atoms with van der Waals surface area (Å²) in [4.78, 5) is 14.3. The molecule has 150 valence electrons. The molecule has 8 heteroatoms. The van der Waals surface area contributed by atoms with Gasteiger partial charge >= 0.3 is 6.03 Å². The number of benzene rings is 2. The minimum atomic E-state index is -0.884. The van der Waals surface area contributed by atoms with Crippen LogP contribution in [0.2, 0.25) is 0 Å². The van der Waals surface area contributed by atoms with E-state index in [2.05, 4.69) is 32.4 Å². The molecule has 28 heavy (non-hydrogen) atoms. The molecule has 1 aliphatic heterocycles. The molecule has 3 rings (SSSR count). The Morgan fingerprint density at radius 2 is 1.96 bits per heavy atom. The summed E-state index contributed by atoms with van der Waals surface area (Å²) in [5.74, 6) is -2.25. The third-order valence-electron chi connectivity index (χ3n) is 4.42. The summed E-state index contributed by atoms with van der Waals surface area (Å²) >= 11 is 0. The minimum absolute atomic E-state index is 0.00330. The summed E-state index contributed by atoms with van der Waals surface area (Å²) in [6.07, 6.45) is -0.160. The number of urea groups is 1. The smallest absolute Gasteiger partial charge is 0.319 e. The number of hydrogen-bond acceptors (Lipinski definition) is 4. The van der Waals surface area contributed by atoms with Crippen molar-refractivity contribution in [1.29, 1.82) is 0 Å². The maximum Gasteiger partial charge on any atom is 0.319 e. The highest BCUT2D eigenvalue weighted by Gasteiger charge is 2.21. The zero-order valence-electron chi connectivity index (χ0n) is 15.6. The molecular weight excluding hydrogens is 368 g/mol. The molecule has 1 heterocycles. The molecule has 0 aliphatic carbocycles. The van der Waals surface area contributed by atoms with Crippen LogP contribution in [0.4, 0.5) is 19.3 Å². The third kappa shape index (κ3) is 5.40. The number of carbonyl (C=O) groups is 1. The number of morpholine rings is 1. The highest BCUT2D eigenvalue weighted by atomic mass is 19.1. The van der Waals surface area contributed by atoms with Gasteiger partial charge in [0.1, 0.15) is 0 Å². The fourth-order valence-electron chi connectivity index (χ4n) is 3.10. The first-order chi connectivity index (χ1) is 13.5. The van der Waals surface area contributed by atoms with E-state index in [1.54, 1.807) is 0 Å². The zero-order chi connectivity index (χ0) is 19.9. The van der Waals surface area contributed by atoms with E-state index in [4.69, 9.17) is 4.74 Å². The van der Waals surface area contributed by atoms with Gasteiger partial charge in [0.2, 0.25) is 0 Å². The first-order valence-electron chi connectivity index (χ1n) is 9.01. The maximum absolute atomic E-state index is 13.7.